The van der Waals surface area contributed by atoms with E-state index in [0.717, 1.165) is 44.5 Å². The number of halogens is 1. The Morgan fingerprint density at radius 2 is 2.24 bits per heavy atom. The Morgan fingerprint density at radius 1 is 1.43 bits per heavy atom. The van der Waals surface area contributed by atoms with Crippen molar-refractivity contribution in [2.45, 2.75) is 51.2 Å². The van der Waals surface area contributed by atoms with Gasteiger partial charge in [-0.2, -0.15) is 0 Å². The van der Waals surface area contributed by atoms with Crippen LogP contribution < -0.4 is 10.6 Å². The highest BCUT2D eigenvalue weighted by molar-refractivity contribution is 5.49. The molecule has 1 aromatic carbocycles. The maximum atomic E-state index is 13.6. The van der Waals surface area contributed by atoms with Gasteiger partial charge < -0.3 is 15.4 Å². The van der Waals surface area contributed by atoms with Gasteiger partial charge in [-0.15, -0.1) is 0 Å². The first kappa shape index (κ1) is 16.2. The molecule has 1 aromatic rings. The molecule has 3 nitrogen and oxygen atoms in total. The van der Waals surface area contributed by atoms with E-state index < -0.39 is 0 Å². The van der Waals surface area contributed by atoms with Crippen LogP contribution >= 0.6 is 0 Å². The lowest BCUT2D eigenvalue weighted by molar-refractivity contribution is -0.0225. The lowest BCUT2D eigenvalue weighted by atomic mass is 9.83. The van der Waals surface area contributed by atoms with Gasteiger partial charge in [0.2, 0.25) is 0 Å². The number of nitrogens with two attached hydrogens (primary N) is 1. The van der Waals surface area contributed by atoms with Crippen LogP contribution in [-0.4, -0.2) is 31.3 Å². The third kappa shape index (κ3) is 3.55. The fraction of sp³-hybridized carbons (Fsp3) is 0.647. The lowest BCUT2D eigenvalue weighted by Gasteiger charge is -2.49. The molecule has 0 saturated carbocycles. The Kier molecular flexibility index (Phi) is 5.59. The molecule has 0 aliphatic carbocycles. The Bertz CT molecular complexity index is 452. The summed E-state index contributed by atoms with van der Waals surface area (Å²) in [5.74, 6) is -0.199. The van der Waals surface area contributed by atoms with Crippen LogP contribution in [0, 0.1) is 5.82 Å². The van der Waals surface area contributed by atoms with E-state index in [1.165, 1.54) is 6.07 Å². The van der Waals surface area contributed by atoms with Gasteiger partial charge in [0, 0.05) is 25.4 Å². The molecule has 0 bridgehead atoms. The average Bonchev–Trinajstić information content (AvgIpc) is 2.49. The summed E-state index contributed by atoms with van der Waals surface area (Å²) in [7, 11) is 0. The molecule has 1 fully saturated rings. The smallest absolute Gasteiger partial charge is 0.125 e. The van der Waals surface area contributed by atoms with Gasteiger partial charge in [-0.1, -0.05) is 19.4 Å². The maximum Gasteiger partial charge on any atom is 0.125 e. The summed E-state index contributed by atoms with van der Waals surface area (Å²) in [4.78, 5) is 2.27. The Morgan fingerprint density at radius 3 is 2.86 bits per heavy atom. The fourth-order valence-corrected chi connectivity index (χ4v) is 3.48. The zero-order valence-electron chi connectivity index (χ0n) is 13.1. The standard InChI is InChI=1S/C17H27FN2O/c1-3-6-16-12-17(13-19,9-10-21-16)20(4-2)15-8-5-7-14(18)11-15/h5,7-8,11,16H,3-4,6,9-10,12-13,19H2,1-2H3. The molecule has 1 heterocycles. The van der Waals surface area contributed by atoms with E-state index in [1.807, 2.05) is 6.07 Å². The highest BCUT2D eigenvalue weighted by atomic mass is 19.1. The SMILES string of the molecule is CCCC1CC(CN)(N(CC)c2cccc(F)c2)CCO1. The Balaban J connectivity index is 2.27. The molecule has 21 heavy (non-hydrogen) atoms. The third-order valence-electron chi connectivity index (χ3n) is 4.53. The number of likely N-dealkylation sites (N-methyl/N-ethyl adjacent to an activating group) is 1. The van der Waals surface area contributed by atoms with Gasteiger partial charge in [0.15, 0.2) is 0 Å². The van der Waals surface area contributed by atoms with Gasteiger partial charge in [-0.3, -0.25) is 0 Å². The molecule has 0 aromatic heterocycles. The van der Waals surface area contributed by atoms with Crippen molar-refractivity contribution in [3.63, 3.8) is 0 Å². The summed E-state index contributed by atoms with van der Waals surface area (Å²) in [5.41, 5.74) is 6.95. The van der Waals surface area contributed by atoms with Crippen LogP contribution in [0.4, 0.5) is 10.1 Å². The quantitative estimate of drug-likeness (QED) is 0.874. The molecule has 2 atom stereocenters. The third-order valence-corrected chi connectivity index (χ3v) is 4.53. The second kappa shape index (κ2) is 7.23. The van der Waals surface area contributed by atoms with Crippen molar-refractivity contribution in [1.82, 2.24) is 0 Å². The van der Waals surface area contributed by atoms with Crippen molar-refractivity contribution in [2.75, 3.05) is 24.6 Å². The monoisotopic (exact) mass is 294 g/mol. The first-order valence-corrected chi connectivity index (χ1v) is 8.00. The second-order valence-electron chi connectivity index (χ2n) is 5.89. The number of ether oxygens (including phenoxy) is 1. The van der Waals surface area contributed by atoms with Crippen LogP contribution in [-0.2, 0) is 4.74 Å². The van der Waals surface area contributed by atoms with E-state index in [4.69, 9.17) is 10.5 Å². The number of nitrogens with zero attached hydrogens (tertiary/aromatic N) is 1. The molecule has 1 aliphatic heterocycles. The predicted molar refractivity (Wildman–Crippen MR) is 85.1 cm³/mol. The molecular weight excluding hydrogens is 267 g/mol. The van der Waals surface area contributed by atoms with Crippen LogP contribution in [0.3, 0.4) is 0 Å². The minimum atomic E-state index is -0.199. The molecule has 2 rings (SSSR count). The Labute approximate surface area is 127 Å². The zero-order chi connectivity index (χ0) is 15.3. The summed E-state index contributed by atoms with van der Waals surface area (Å²) in [6, 6.07) is 6.82. The number of anilines is 1. The van der Waals surface area contributed by atoms with E-state index in [-0.39, 0.29) is 17.5 Å². The van der Waals surface area contributed by atoms with Gasteiger partial charge in [-0.25, -0.2) is 4.39 Å². The topological polar surface area (TPSA) is 38.5 Å². The van der Waals surface area contributed by atoms with E-state index in [1.54, 1.807) is 12.1 Å². The minimum absolute atomic E-state index is 0.124. The summed E-state index contributed by atoms with van der Waals surface area (Å²) >= 11 is 0. The zero-order valence-corrected chi connectivity index (χ0v) is 13.1. The van der Waals surface area contributed by atoms with Crippen molar-refractivity contribution in [1.29, 1.82) is 0 Å². The van der Waals surface area contributed by atoms with Gasteiger partial charge in [0.1, 0.15) is 5.82 Å². The molecule has 4 heteroatoms. The first-order valence-electron chi connectivity index (χ1n) is 8.00. The number of benzene rings is 1. The molecule has 1 saturated heterocycles. The van der Waals surface area contributed by atoms with E-state index in [2.05, 4.69) is 18.7 Å². The largest absolute Gasteiger partial charge is 0.378 e. The molecule has 1 aliphatic rings. The lowest BCUT2D eigenvalue weighted by Crippen LogP contribution is -2.59. The number of hydrogen-bond donors (Lipinski definition) is 1. The molecule has 2 N–H and O–H groups in total. The number of hydrogen-bond acceptors (Lipinski definition) is 3. The Hall–Kier alpha value is -1.13. The molecule has 0 spiro atoms. The van der Waals surface area contributed by atoms with Crippen LogP contribution in [0.5, 0.6) is 0 Å². The fourth-order valence-electron chi connectivity index (χ4n) is 3.48. The van der Waals surface area contributed by atoms with Crippen LogP contribution in [0.15, 0.2) is 24.3 Å². The van der Waals surface area contributed by atoms with E-state index >= 15 is 0 Å². The van der Waals surface area contributed by atoms with Crippen LogP contribution in [0.2, 0.25) is 0 Å². The van der Waals surface area contributed by atoms with Gasteiger partial charge in [0.25, 0.3) is 0 Å². The van der Waals surface area contributed by atoms with Crippen molar-refractivity contribution in [3.8, 4) is 0 Å². The second-order valence-corrected chi connectivity index (χ2v) is 5.89. The highest BCUT2D eigenvalue weighted by Crippen LogP contribution is 2.35. The van der Waals surface area contributed by atoms with E-state index in [9.17, 15) is 4.39 Å². The first-order chi connectivity index (χ1) is 10.1. The summed E-state index contributed by atoms with van der Waals surface area (Å²) in [6.45, 7) is 6.40. The van der Waals surface area contributed by atoms with Crippen LogP contribution in [0.1, 0.15) is 39.5 Å². The van der Waals surface area contributed by atoms with Gasteiger partial charge >= 0.3 is 0 Å². The average molecular weight is 294 g/mol. The van der Waals surface area contributed by atoms with Crippen molar-refractivity contribution < 1.29 is 9.13 Å². The van der Waals surface area contributed by atoms with Gasteiger partial charge in [0.05, 0.1) is 11.6 Å². The van der Waals surface area contributed by atoms with Crippen molar-refractivity contribution in [2.24, 2.45) is 5.73 Å². The molecule has 2 unspecified atom stereocenters. The summed E-state index contributed by atoms with van der Waals surface area (Å²) < 4.78 is 19.4. The predicted octanol–water partition coefficient (Wildman–Crippen LogP) is 3.33. The van der Waals surface area contributed by atoms with Gasteiger partial charge in [-0.05, 0) is 44.4 Å². The summed E-state index contributed by atoms with van der Waals surface area (Å²) in [6.07, 6.45) is 4.24. The molecular formula is C17H27FN2O. The van der Waals surface area contributed by atoms with Crippen LogP contribution in [0.25, 0.3) is 0 Å². The minimum Gasteiger partial charge on any atom is -0.378 e. The maximum absolute atomic E-state index is 13.6. The molecule has 0 amide bonds. The summed E-state index contributed by atoms with van der Waals surface area (Å²) in [5, 5.41) is 0. The van der Waals surface area contributed by atoms with Crippen molar-refractivity contribution in [3.05, 3.63) is 30.1 Å². The molecule has 118 valence electrons. The molecule has 0 radical (unpaired) electrons. The normalized spacial score (nSPS) is 25.8. The highest BCUT2D eigenvalue weighted by Gasteiger charge is 2.40. The van der Waals surface area contributed by atoms with Crippen molar-refractivity contribution >= 4 is 5.69 Å². The number of rotatable bonds is 6. The van der Waals surface area contributed by atoms with E-state index in [0.29, 0.717) is 6.54 Å².